The minimum absolute atomic E-state index is 0.0266. The predicted octanol–water partition coefficient (Wildman–Crippen LogP) is 1.89. The number of nitrogens with two attached hydrogens (primary N) is 1. The first-order chi connectivity index (χ1) is 14.2. The minimum atomic E-state index is -2.60. The quantitative estimate of drug-likeness (QED) is 0.630. The van der Waals surface area contributed by atoms with Gasteiger partial charge in [0.05, 0.1) is 5.48 Å². The van der Waals surface area contributed by atoms with Gasteiger partial charge in [0, 0.05) is 43.8 Å². The Morgan fingerprint density at radius 2 is 2.04 bits per heavy atom. The molecule has 4 rings (SSSR count). The van der Waals surface area contributed by atoms with Crippen molar-refractivity contribution in [3.63, 3.8) is 0 Å². The molecular formula is C18H23N5O3. The van der Waals surface area contributed by atoms with Crippen molar-refractivity contribution in [2.24, 2.45) is 5.84 Å². The van der Waals surface area contributed by atoms with Gasteiger partial charge in [-0.2, -0.15) is 4.98 Å². The molecule has 3 heterocycles. The van der Waals surface area contributed by atoms with Gasteiger partial charge in [0.15, 0.2) is 11.5 Å². The van der Waals surface area contributed by atoms with Crippen LogP contribution in [0.15, 0.2) is 24.4 Å². The summed E-state index contributed by atoms with van der Waals surface area (Å²) in [5.41, 5.74) is 3.43. The van der Waals surface area contributed by atoms with Crippen molar-refractivity contribution in [3.05, 3.63) is 30.0 Å². The average molecular weight is 361 g/mol. The standard InChI is InChI=1S/C18H23N5O3/c1-12-11-20-18(22-19)21-17(12)23-6-4-13(5-7-23)26-14-2-3-15-16(10-14)25-9-8-24-15/h2-3,10-11,13H,4-9,19H2,1H3,(H,20,21,22)/i8D2,9D2. The van der Waals surface area contributed by atoms with Crippen LogP contribution in [-0.4, -0.2) is 42.3 Å². The number of benzene rings is 1. The van der Waals surface area contributed by atoms with Gasteiger partial charge in [0.2, 0.25) is 5.95 Å². The van der Waals surface area contributed by atoms with E-state index in [1.165, 1.54) is 12.1 Å². The Bertz CT molecular complexity index is 938. The van der Waals surface area contributed by atoms with Gasteiger partial charge >= 0.3 is 0 Å². The van der Waals surface area contributed by atoms with Crippen LogP contribution in [0, 0.1) is 6.92 Å². The number of rotatable bonds is 4. The van der Waals surface area contributed by atoms with Gasteiger partial charge in [0.1, 0.15) is 30.8 Å². The van der Waals surface area contributed by atoms with Crippen molar-refractivity contribution < 1.29 is 19.7 Å². The molecule has 2 aliphatic rings. The van der Waals surface area contributed by atoms with E-state index >= 15 is 0 Å². The highest BCUT2D eigenvalue weighted by atomic mass is 16.6. The third kappa shape index (κ3) is 3.45. The van der Waals surface area contributed by atoms with E-state index in [-0.39, 0.29) is 17.6 Å². The molecule has 3 N–H and O–H groups in total. The lowest BCUT2D eigenvalue weighted by Crippen LogP contribution is -2.39. The first kappa shape index (κ1) is 12.6. The minimum Gasteiger partial charge on any atom is -0.490 e. The second-order valence-corrected chi connectivity index (χ2v) is 6.17. The largest absolute Gasteiger partial charge is 0.490 e. The Hall–Kier alpha value is -2.74. The van der Waals surface area contributed by atoms with Crippen LogP contribution in [0.4, 0.5) is 11.8 Å². The fourth-order valence-electron chi connectivity index (χ4n) is 3.08. The number of aromatic nitrogens is 2. The number of nitrogens with one attached hydrogen (secondary N) is 1. The van der Waals surface area contributed by atoms with Gasteiger partial charge in [-0.15, -0.1) is 0 Å². The lowest BCUT2D eigenvalue weighted by molar-refractivity contribution is 0.159. The van der Waals surface area contributed by atoms with Gasteiger partial charge in [-0.3, -0.25) is 5.43 Å². The summed E-state index contributed by atoms with van der Waals surface area (Å²) >= 11 is 0. The summed E-state index contributed by atoms with van der Waals surface area (Å²) < 4.78 is 47.1. The lowest BCUT2D eigenvalue weighted by Gasteiger charge is -2.33. The summed E-state index contributed by atoms with van der Waals surface area (Å²) in [6.45, 7) is -1.72. The molecule has 138 valence electrons. The van der Waals surface area contributed by atoms with Gasteiger partial charge in [-0.25, -0.2) is 10.8 Å². The summed E-state index contributed by atoms with van der Waals surface area (Å²) in [6.07, 6.45) is 3.25. The third-order valence-corrected chi connectivity index (χ3v) is 4.40. The normalized spacial score (nSPS) is 23.2. The monoisotopic (exact) mass is 361 g/mol. The molecule has 1 fully saturated rings. The number of aryl methyl sites for hydroxylation is 1. The first-order valence-corrected chi connectivity index (χ1v) is 8.42. The fraction of sp³-hybridized carbons (Fsp3) is 0.444. The number of nitrogen functional groups attached to an aromatic ring is 1. The second-order valence-electron chi connectivity index (χ2n) is 6.17. The van der Waals surface area contributed by atoms with Crippen molar-refractivity contribution >= 4 is 11.8 Å². The van der Waals surface area contributed by atoms with Crippen LogP contribution in [0.1, 0.15) is 23.9 Å². The van der Waals surface area contributed by atoms with E-state index in [2.05, 4.69) is 20.3 Å². The lowest BCUT2D eigenvalue weighted by atomic mass is 10.1. The highest BCUT2D eigenvalue weighted by Gasteiger charge is 2.23. The van der Waals surface area contributed by atoms with E-state index < -0.39 is 13.1 Å². The van der Waals surface area contributed by atoms with Gasteiger partial charge in [0.25, 0.3) is 0 Å². The van der Waals surface area contributed by atoms with E-state index in [1.54, 1.807) is 12.3 Å². The molecule has 0 spiro atoms. The number of hydrogen-bond acceptors (Lipinski definition) is 8. The molecule has 0 radical (unpaired) electrons. The molecular weight excluding hydrogens is 334 g/mol. The van der Waals surface area contributed by atoms with Gasteiger partial charge < -0.3 is 19.1 Å². The Kier molecular flexibility index (Phi) is 3.51. The third-order valence-electron chi connectivity index (χ3n) is 4.40. The van der Waals surface area contributed by atoms with Crippen molar-refractivity contribution in [2.75, 3.05) is 36.5 Å². The molecule has 0 atom stereocenters. The van der Waals surface area contributed by atoms with E-state index in [0.29, 0.717) is 11.7 Å². The Morgan fingerprint density at radius 1 is 1.27 bits per heavy atom. The molecule has 1 aromatic carbocycles. The smallest absolute Gasteiger partial charge is 0.239 e. The predicted molar refractivity (Wildman–Crippen MR) is 97.9 cm³/mol. The van der Waals surface area contributed by atoms with Gasteiger partial charge in [-0.05, 0) is 19.1 Å². The summed E-state index contributed by atoms with van der Waals surface area (Å²) in [4.78, 5) is 10.7. The number of hydrazine groups is 1. The maximum absolute atomic E-state index is 7.71. The topological polar surface area (TPSA) is 94.8 Å². The summed E-state index contributed by atoms with van der Waals surface area (Å²) in [6, 6.07) is 4.72. The molecule has 26 heavy (non-hydrogen) atoms. The maximum atomic E-state index is 7.71. The fourth-order valence-corrected chi connectivity index (χ4v) is 3.08. The molecule has 0 aliphatic carbocycles. The first-order valence-electron chi connectivity index (χ1n) is 10.4. The Labute approximate surface area is 157 Å². The Morgan fingerprint density at radius 3 is 2.81 bits per heavy atom. The Balaban J connectivity index is 1.41. The van der Waals surface area contributed by atoms with E-state index in [0.717, 1.165) is 37.3 Å². The van der Waals surface area contributed by atoms with Crippen molar-refractivity contribution in [3.8, 4) is 17.2 Å². The highest BCUT2D eigenvalue weighted by molar-refractivity contribution is 5.49. The van der Waals surface area contributed by atoms with Crippen LogP contribution in [0.5, 0.6) is 17.2 Å². The molecule has 0 amide bonds. The van der Waals surface area contributed by atoms with E-state index in [1.807, 2.05) is 6.92 Å². The van der Waals surface area contributed by atoms with Crippen LogP contribution >= 0.6 is 0 Å². The van der Waals surface area contributed by atoms with Crippen molar-refractivity contribution in [1.82, 2.24) is 9.97 Å². The van der Waals surface area contributed by atoms with Crippen molar-refractivity contribution in [1.29, 1.82) is 0 Å². The van der Waals surface area contributed by atoms with E-state index in [4.69, 9.17) is 25.5 Å². The molecule has 1 aromatic heterocycles. The van der Waals surface area contributed by atoms with Crippen LogP contribution in [0.2, 0.25) is 0 Å². The number of ether oxygens (including phenoxy) is 3. The number of nitrogens with zero attached hydrogens (tertiary/aromatic N) is 3. The molecule has 2 aromatic rings. The molecule has 2 aliphatic heterocycles. The number of anilines is 2. The zero-order valence-electron chi connectivity index (χ0n) is 18.4. The molecule has 8 heteroatoms. The van der Waals surface area contributed by atoms with Crippen LogP contribution in [0.25, 0.3) is 0 Å². The molecule has 8 nitrogen and oxygen atoms in total. The molecule has 0 bridgehead atoms. The van der Waals surface area contributed by atoms with Crippen LogP contribution in [0.3, 0.4) is 0 Å². The van der Waals surface area contributed by atoms with Crippen LogP contribution in [-0.2, 0) is 0 Å². The second kappa shape index (κ2) is 7.25. The molecule has 1 saturated heterocycles. The van der Waals surface area contributed by atoms with E-state index in [9.17, 15) is 0 Å². The SMILES string of the molecule is [2H]C1([2H])Oc2ccc(OC3CCN(c4nc(NN)ncc4C)CC3)cc2OC1([2H])[2H]. The zero-order chi connectivity index (χ0) is 21.5. The number of fused-ring (bicyclic) bond motifs is 1. The number of piperidine rings is 1. The maximum Gasteiger partial charge on any atom is 0.239 e. The average Bonchev–Trinajstić information content (AvgIpc) is 2.70. The number of hydrogen-bond donors (Lipinski definition) is 2. The van der Waals surface area contributed by atoms with Crippen molar-refractivity contribution in [2.45, 2.75) is 25.9 Å². The zero-order valence-corrected chi connectivity index (χ0v) is 14.4. The molecule has 0 saturated carbocycles. The summed E-state index contributed by atoms with van der Waals surface area (Å²) in [7, 11) is 0. The van der Waals surface area contributed by atoms with Gasteiger partial charge in [-0.1, -0.05) is 0 Å². The summed E-state index contributed by atoms with van der Waals surface area (Å²) in [5.74, 6) is 7.39. The summed E-state index contributed by atoms with van der Waals surface area (Å²) in [5, 5.41) is 0. The van der Waals surface area contributed by atoms with Crippen LogP contribution < -0.4 is 30.4 Å². The molecule has 0 unspecified atom stereocenters. The highest BCUT2D eigenvalue weighted by Crippen LogP contribution is 2.34.